The predicted molar refractivity (Wildman–Crippen MR) is 103 cm³/mol. The fourth-order valence-electron chi connectivity index (χ4n) is 3.75. The molecule has 0 bridgehead atoms. The number of piperidine rings is 1. The van der Waals surface area contributed by atoms with Crippen LogP contribution in [-0.2, 0) is 7.05 Å². The molecular formula is C21H21N3O2. The van der Waals surface area contributed by atoms with Gasteiger partial charge in [0.05, 0.1) is 6.10 Å². The first kappa shape index (κ1) is 15.5. The van der Waals surface area contributed by atoms with E-state index in [0.29, 0.717) is 6.01 Å². The van der Waals surface area contributed by atoms with Crippen molar-refractivity contribution in [3.63, 3.8) is 0 Å². The van der Waals surface area contributed by atoms with E-state index in [0.717, 1.165) is 42.6 Å². The first-order valence-electron chi connectivity index (χ1n) is 9.06. The van der Waals surface area contributed by atoms with E-state index >= 15 is 0 Å². The Balaban J connectivity index is 1.50. The number of oxazole rings is 1. The molecule has 5 nitrogen and oxygen atoms in total. The van der Waals surface area contributed by atoms with Crippen LogP contribution in [0.25, 0.3) is 33.1 Å². The molecule has 0 unspecified atom stereocenters. The number of rotatable bonds is 2. The van der Waals surface area contributed by atoms with Gasteiger partial charge in [0.1, 0.15) is 5.52 Å². The van der Waals surface area contributed by atoms with E-state index < -0.39 is 0 Å². The summed E-state index contributed by atoms with van der Waals surface area (Å²) in [6.07, 6.45) is 3.41. The van der Waals surface area contributed by atoms with E-state index in [1.54, 1.807) is 0 Å². The highest BCUT2D eigenvalue weighted by Crippen LogP contribution is 2.30. The second-order valence-corrected chi connectivity index (χ2v) is 7.10. The molecule has 1 aliphatic rings. The molecule has 0 spiro atoms. The Morgan fingerprint density at radius 1 is 1.04 bits per heavy atom. The van der Waals surface area contributed by atoms with E-state index in [-0.39, 0.29) is 6.10 Å². The monoisotopic (exact) mass is 347 g/mol. The Morgan fingerprint density at radius 2 is 1.81 bits per heavy atom. The maximum Gasteiger partial charge on any atom is 0.298 e. The third-order valence-electron chi connectivity index (χ3n) is 5.33. The topological polar surface area (TPSA) is 54.4 Å². The van der Waals surface area contributed by atoms with Gasteiger partial charge in [-0.05, 0) is 54.3 Å². The van der Waals surface area contributed by atoms with Crippen LogP contribution in [0.5, 0.6) is 0 Å². The van der Waals surface area contributed by atoms with E-state index in [1.807, 2.05) is 6.07 Å². The molecule has 4 aromatic rings. The Labute approximate surface area is 151 Å². The summed E-state index contributed by atoms with van der Waals surface area (Å²) in [6.45, 7) is 1.57. The van der Waals surface area contributed by atoms with Crippen molar-refractivity contribution < 1.29 is 9.52 Å². The van der Waals surface area contributed by atoms with Crippen LogP contribution in [0.15, 0.2) is 53.1 Å². The Hall–Kier alpha value is -2.79. The number of fused-ring (bicyclic) bond motifs is 2. The van der Waals surface area contributed by atoms with Crippen LogP contribution in [0, 0.1) is 0 Å². The first-order chi connectivity index (χ1) is 12.7. The minimum atomic E-state index is -0.199. The van der Waals surface area contributed by atoms with Crippen LogP contribution in [0.4, 0.5) is 6.01 Å². The lowest BCUT2D eigenvalue weighted by molar-refractivity contribution is 0.144. The second-order valence-electron chi connectivity index (χ2n) is 7.10. The summed E-state index contributed by atoms with van der Waals surface area (Å²) >= 11 is 0. The predicted octanol–water partition coefficient (Wildman–Crippen LogP) is 3.95. The van der Waals surface area contributed by atoms with Gasteiger partial charge in [-0.3, -0.25) is 0 Å². The van der Waals surface area contributed by atoms with Crippen LogP contribution in [-0.4, -0.2) is 33.9 Å². The molecule has 0 saturated carbocycles. The van der Waals surface area contributed by atoms with Gasteiger partial charge in [0.25, 0.3) is 6.01 Å². The molecule has 2 aromatic carbocycles. The zero-order valence-electron chi connectivity index (χ0n) is 14.7. The SMILES string of the molecule is Cn1ccc2cc(-c3ccc4oc(N5CCC(O)CC5)nc4c3)ccc21. The number of aromatic nitrogens is 2. The van der Waals surface area contributed by atoms with Gasteiger partial charge in [-0.25, -0.2) is 0 Å². The maximum absolute atomic E-state index is 9.67. The van der Waals surface area contributed by atoms with Crippen molar-refractivity contribution in [3.05, 3.63) is 48.7 Å². The normalized spacial score (nSPS) is 16.0. The lowest BCUT2D eigenvalue weighted by Gasteiger charge is -2.27. The van der Waals surface area contributed by atoms with Crippen molar-refractivity contribution in [3.8, 4) is 11.1 Å². The van der Waals surface area contributed by atoms with Gasteiger partial charge in [0, 0.05) is 37.2 Å². The van der Waals surface area contributed by atoms with E-state index in [1.165, 1.54) is 16.5 Å². The number of hydrogen-bond donors (Lipinski definition) is 1. The third-order valence-corrected chi connectivity index (χ3v) is 5.33. The summed E-state index contributed by atoms with van der Waals surface area (Å²) in [5, 5.41) is 10.9. The van der Waals surface area contributed by atoms with Gasteiger partial charge in [-0.1, -0.05) is 12.1 Å². The highest BCUT2D eigenvalue weighted by Gasteiger charge is 2.21. The number of anilines is 1. The van der Waals surface area contributed by atoms with Crippen molar-refractivity contribution in [1.29, 1.82) is 0 Å². The van der Waals surface area contributed by atoms with Crippen molar-refractivity contribution >= 4 is 28.0 Å². The number of aliphatic hydroxyl groups excluding tert-OH is 1. The largest absolute Gasteiger partial charge is 0.423 e. The lowest BCUT2D eigenvalue weighted by Crippen LogP contribution is -2.35. The standard InChI is InChI=1S/C21H21N3O2/c1-23-9-6-16-12-14(2-4-19(16)23)15-3-5-20-18(13-15)22-21(26-20)24-10-7-17(25)8-11-24/h2-6,9,12-13,17,25H,7-8,10-11H2,1H3. The number of aliphatic hydroxyl groups is 1. The molecule has 0 atom stereocenters. The average molecular weight is 347 g/mol. The van der Waals surface area contributed by atoms with Gasteiger partial charge >= 0.3 is 0 Å². The molecule has 3 heterocycles. The molecule has 5 rings (SSSR count). The van der Waals surface area contributed by atoms with Gasteiger partial charge in [-0.15, -0.1) is 0 Å². The fraction of sp³-hybridized carbons (Fsp3) is 0.286. The minimum Gasteiger partial charge on any atom is -0.423 e. The molecule has 5 heteroatoms. The summed E-state index contributed by atoms with van der Waals surface area (Å²) in [7, 11) is 2.06. The molecule has 0 radical (unpaired) electrons. The Morgan fingerprint density at radius 3 is 2.65 bits per heavy atom. The fourth-order valence-corrected chi connectivity index (χ4v) is 3.75. The summed E-state index contributed by atoms with van der Waals surface area (Å²) in [6, 6.07) is 15.5. The van der Waals surface area contributed by atoms with Crippen LogP contribution in [0.3, 0.4) is 0 Å². The molecule has 132 valence electrons. The summed E-state index contributed by atoms with van der Waals surface area (Å²) in [5.41, 5.74) is 5.21. The second kappa shape index (κ2) is 5.88. The van der Waals surface area contributed by atoms with Crippen LogP contribution < -0.4 is 4.90 Å². The molecule has 26 heavy (non-hydrogen) atoms. The van der Waals surface area contributed by atoms with Crippen molar-refractivity contribution in [2.45, 2.75) is 18.9 Å². The van der Waals surface area contributed by atoms with E-state index in [2.05, 4.69) is 64.1 Å². The van der Waals surface area contributed by atoms with Gasteiger partial charge in [0.15, 0.2) is 5.58 Å². The third kappa shape index (κ3) is 2.56. The number of benzene rings is 2. The van der Waals surface area contributed by atoms with Crippen LogP contribution in [0.2, 0.25) is 0 Å². The zero-order valence-corrected chi connectivity index (χ0v) is 14.7. The van der Waals surface area contributed by atoms with Gasteiger partial charge < -0.3 is 19.0 Å². The summed E-state index contributed by atoms with van der Waals surface area (Å²) < 4.78 is 8.06. The van der Waals surface area contributed by atoms with Crippen molar-refractivity contribution in [1.82, 2.24) is 9.55 Å². The van der Waals surface area contributed by atoms with Crippen LogP contribution >= 0.6 is 0 Å². The zero-order chi connectivity index (χ0) is 17.7. The van der Waals surface area contributed by atoms with Crippen molar-refractivity contribution in [2.75, 3.05) is 18.0 Å². The molecule has 2 aromatic heterocycles. The Kier molecular flexibility index (Phi) is 3.50. The van der Waals surface area contributed by atoms with Crippen molar-refractivity contribution in [2.24, 2.45) is 7.05 Å². The Bertz CT molecular complexity index is 1090. The van der Waals surface area contributed by atoms with Gasteiger partial charge in [0.2, 0.25) is 0 Å². The summed E-state index contributed by atoms with van der Waals surface area (Å²) in [5.74, 6) is 0. The summed E-state index contributed by atoms with van der Waals surface area (Å²) in [4.78, 5) is 6.80. The highest BCUT2D eigenvalue weighted by atomic mass is 16.4. The quantitative estimate of drug-likeness (QED) is 0.597. The molecule has 0 aliphatic carbocycles. The maximum atomic E-state index is 9.67. The number of hydrogen-bond acceptors (Lipinski definition) is 4. The number of nitrogens with zero attached hydrogens (tertiary/aromatic N) is 3. The molecule has 0 amide bonds. The van der Waals surface area contributed by atoms with E-state index in [4.69, 9.17) is 4.42 Å². The van der Waals surface area contributed by atoms with E-state index in [9.17, 15) is 5.11 Å². The minimum absolute atomic E-state index is 0.199. The highest BCUT2D eigenvalue weighted by molar-refractivity contribution is 5.88. The lowest BCUT2D eigenvalue weighted by atomic mass is 10.0. The number of aryl methyl sites for hydroxylation is 1. The molecule has 1 N–H and O–H groups in total. The first-order valence-corrected chi connectivity index (χ1v) is 9.06. The smallest absolute Gasteiger partial charge is 0.298 e. The van der Waals surface area contributed by atoms with Crippen LogP contribution in [0.1, 0.15) is 12.8 Å². The molecule has 1 fully saturated rings. The molecular weight excluding hydrogens is 326 g/mol. The van der Waals surface area contributed by atoms with Gasteiger partial charge in [-0.2, -0.15) is 4.98 Å². The molecule has 1 saturated heterocycles. The average Bonchev–Trinajstić information content (AvgIpc) is 3.25. The molecule has 1 aliphatic heterocycles.